The fourth-order valence-electron chi connectivity index (χ4n) is 8.06. The van der Waals surface area contributed by atoms with Gasteiger partial charge in [0.25, 0.3) is 0 Å². The van der Waals surface area contributed by atoms with Crippen LogP contribution in [0.4, 0.5) is 0 Å². The zero-order valence-electron chi connectivity index (χ0n) is 24.8. The lowest BCUT2D eigenvalue weighted by atomic mass is 9.98. The van der Waals surface area contributed by atoms with Crippen LogP contribution in [0.1, 0.15) is 104 Å². The number of hydrogen-bond donors (Lipinski definition) is 1. The van der Waals surface area contributed by atoms with Crippen LogP contribution in [0.2, 0.25) is 33.2 Å². The summed E-state index contributed by atoms with van der Waals surface area (Å²) in [5.74, 6) is -0.507. The van der Waals surface area contributed by atoms with Crippen LogP contribution in [0.3, 0.4) is 0 Å². The van der Waals surface area contributed by atoms with E-state index in [4.69, 9.17) is 5.73 Å². The number of fused-ring (bicyclic) bond motifs is 1. The Kier molecular flexibility index (Phi) is 9.44. The van der Waals surface area contributed by atoms with Crippen LogP contribution in [0, 0.1) is 0 Å². The van der Waals surface area contributed by atoms with Crippen LogP contribution < -0.4 is 5.73 Å². The zero-order chi connectivity index (χ0) is 27.7. The van der Waals surface area contributed by atoms with Crippen molar-refractivity contribution in [3.63, 3.8) is 0 Å². The average molecular weight is 527 g/mol. The van der Waals surface area contributed by atoms with Crippen LogP contribution in [0.15, 0.2) is 36.4 Å². The maximum Gasteiger partial charge on any atom is 0.249 e. The normalized spacial score (nSPS) is 13.2. The van der Waals surface area contributed by atoms with E-state index >= 15 is 4.79 Å². The minimum atomic E-state index is -2.48. The van der Waals surface area contributed by atoms with Gasteiger partial charge in [0, 0.05) is 0 Å². The van der Waals surface area contributed by atoms with Gasteiger partial charge in [0.05, 0.1) is 11.1 Å². The number of carbonyl (C=O) groups excluding carboxylic acids is 2. The van der Waals surface area contributed by atoms with Crippen LogP contribution in [-0.2, 0) is 0 Å². The summed E-state index contributed by atoms with van der Waals surface area (Å²) in [5, 5.41) is 1.78. The number of amides is 2. The van der Waals surface area contributed by atoms with Crippen LogP contribution in [0.5, 0.6) is 0 Å². The number of benzene rings is 2. The fraction of sp³-hybridized carbons (Fsp3) is 0.600. The average Bonchev–Trinajstić information content (AvgIpc) is 2.76. The second kappa shape index (κ2) is 11.2. The molecule has 0 aromatic heterocycles. The monoisotopic (exact) mass is 526 g/mol. The Morgan fingerprint density at radius 1 is 0.639 bits per heavy atom. The van der Waals surface area contributed by atoms with Crippen LogP contribution >= 0.6 is 0 Å². The van der Waals surface area contributed by atoms with E-state index in [1.54, 1.807) is 6.07 Å². The van der Waals surface area contributed by atoms with Crippen LogP contribution in [-0.4, -0.2) is 32.5 Å². The Hall–Kier alpha value is -1.93. The van der Waals surface area contributed by atoms with Crippen LogP contribution in [0.25, 0.3) is 10.8 Å². The van der Waals surface area contributed by atoms with E-state index in [-0.39, 0.29) is 5.91 Å². The lowest BCUT2D eigenvalue weighted by Gasteiger charge is -2.62. The fourth-order valence-corrected chi connectivity index (χ4v) is 27.4. The molecule has 2 amide bonds. The molecule has 6 heteroatoms. The molecule has 0 atom stereocenters. The second-order valence-corrected chi connectivity index (χ2v) is 24.2. The summed E-state index contributed by atoms with van der Waals surface area (Å²) in [7, 11) is -4.96. The van der Waals surface area contributed by atoms with Gasteiger partial charge in [-0.05, 0) is 50.1 Å². The van der Waals surface area contributed by atoms with Gasteiger partial charge < -0.3 is 9.96 Å². The summed E-state index contributed by atoms with van der Waals surface area (Å²) in [6, 6.07) is 11.6. The lowest BCUT2D eigenvalue weighted by Crippen LogP contribution is -2.75. The third-order valence-electron chi connectivity index (χ3n) is 8.94. The van der Waals surface area contributed by atoms with Gasteiger partial charge in [-0.25, -0.2) is 0 Å². The number of carbonyl (C=O) groups is 2. The molecule has 0 bridgehead atoms. The molecule has 2 rings (SSSR count). The summed E-state index contributed by atoms with van der Waals surface area (Å²) in [6.07, 6.45) is 0. The Morgan fingerprint density at radius 3 is 1.39 bits per heavy atom. The van der Waals surface area contributed by atoms with Gasteiger partial charge in [-0.2, -0.15) is 0 Å². The Bertz CT molecular complexity index is 1010. The molecule has 2 aromatic rings. The van der Waals surface area contributed by atoms with Crippen molar-refractivity contribution in [2.45, 2.75) is 116 Å². The number of hydrogen-bond acceptors (Lipinski definition) is 2. The molecule has 0 aliphatic heterocycles. The molecule has 0 unspecified atom stereocenters. The third kappa shape index (κ3) is 4.60. The Morgan fingerprint density at radius 2 is 1.03 bits per heavy atom. The first-order valence-electron chi connectivity index (χ1n) is 13.8. The Balaban J connectivity index is 3.21. The quantitative estimate of drug-likeness (QED) is 0.315. The van der Waals surface area contributed by atoms with Crippen molar-refractivity contribution in [3.8, 4) is 0 Å². The van der Waals surface area contributed by atoms with Gasteiger partial charge in [0.1, 0.15) is 0 Å². The van der Waals surface area contributed by atoms with Crippen molar-refractivity contribution in [1.29, 1.82) is 0 Å². The highest BCUT2D eigenvalue weighted by Crippen LogP contribution is 2.54. The van der Waals surface area contributed by atoms with E-state index in [0.717, 1.165) is 10.8 Å². The standard InChI is InChI=1S/C30H50N2O2Si2/c1-19(2)35(20(3)4,21(5)6)32(36(22(7)8,23(9)10)24(11)12)30(34)28-26-16-14-13-15-25(26)17-18-27(28)29(31)33/h13-24H,1-12H3,(H2,31,33). The molecule has 200 valence electrons. The molecular weight excluding hydrogens is 477 g/mol. The van der Waals surface area contributed by atoms with Gasteiger partial charge in [-0.1, -0.05) is 113 Å². The molecule has 0 aliphatic rings. The largest absolute Gasteiger partial charge is 0.389 e. The topological polar surface area (TPSA) is 63.4 Å². The highest BCUT2D eigenvalue weighted by atomic mass is 28.4. The molecule has 0 saturated heterocycles. The van der Waals surface area contributed by atoms with Gasteiger partial charge in [0.2, 0.25) is 11.8 Å². The van der Waals surface area contributed by atoms with E-state index in [0.29, 0.717) is 44.4 Å². The molecule has 2 aromatic carbocycles. The first-order valence-corrected chi connectivity index (χ1v) is 18.1. The minimum absolute atomic E-state index is 0.0335. The highest BCUT2D eigenvalue weighted by Gasteiger charge is 2.61. The molecule has 0 spiro atoms. The molecule has 0 aliphatic carbocycles. The summed E-state index contributed by atoms with van der Waals surface area (Å²) in [6.45, 7) is 27.9. The van der Waals surface area contributed by atoms with E-state index < -0.39 is 22.4 Å². The van der Waals surface area contributed by atoms with E-state index in [9.17, 15) is 4.79 Å². The summed E-state index contributed by atoms with van der Waals surface area (Å²) in [4.78, 5) is 28.2. The van der Waals surface area contributed by atoms with Gasteiger partial charge in [0.15, 0.2) is 16.5 Å². The SMILES string of the molecule is CC(C)[Si](C(C)C)(C(C)C)N(C(=O)c1c(C(N)=O)ccc2ccccc12)[Si](C(C)C)(C(C)C)C(C)C. The molecule has 0 fully saturated rings. The third-order valence-corrected chi connectivity index (χ3v) is 24.3. The molecule has 2 N–H and O–H groups in total. The molecule has 0 saturated carbocycles. The number of primary amides is 1. The summed E-state index contributed by atoms with van der Waals surface area (Å²) < 4.78 is 2.54. The first-order chi connectivity index (χ1) is 16.6. The second-order valence-electron chi connectivity index (χ2n) is 12.4. The maximum atomic E-state index is 15.4. The molecule has 36 heavy (non-hydrogen) atoms. The Labute approximate surface area is 222 Å². The van der Waals surface area contributed by atoms with Crippen molar-refractivity contribution < 1.29 is 9.59 Å². The smallest absolute Gasteiger partial charge is 0.249 e. The molecule has 0 heterocycles. The van der Waals surface area contributed by atoms with E-state index in [2.05, 4.69) is 87.3 Å². The summed E-state index contributed by atoms with van der Waals surface area (Å²) in [5.41, 5.74) is 8.91. The summed E-state index contributed by atoms with van der Waals surface area (Å²) >= 11 is 0. The number of nitrogens with zero attached hydrogens (tertiary/aromatic N) is 1. The van der Waals surface area contributed by atoms with Gasteiger partial charge >= 0.3 is 0 Å². The van der Waals surface area contributed by atoms with Gasteiger partial charge in [-0.15, -0.1) is 0 Å². The maximum absolute atomic E-state index is 15.4. The molecular formula is C30H50N2O2Si2. The predicted octanol–water partition coefficient (Wildman–Crippen LogP) is 8.73. The highest BCUT2D eigenvalue weighted by molar-refractivity contribution is 6.99. The molecule has 4 nitrogen and oxygen atoms in total. The van der Waals surface area contributed by atoms with Gasteiger partial charge in [-0.3, -0.25) is 9.59 Å². The molecule has 0 radical (unpaired) electrons. The van der Waals surface area contributed by atoms with E-state index in [1.165, 1.54) is 0 Å². The van der Waals surface area contributed by atoms with Crippen molar-refractivity contribution in [1.82, 2.24) is 4.23 Å². The van der Waals surface area contributed by atoms with Crippen molar-refractivity contribution >= 4 is 39.1 Å². The number of rotatable bonds is 10. The number of nitrogens with two attached hydrogens (primary N) is 1. The van der Waals surface area contributed by atoms with Crippen molar-refractivity contribution in [2.75, 3.05) is 0 Å². The minimum Gasteiger partial charge on any atom is -0.389 e. The lowest BCUT2D eigenvalue weighted by molar-refractivity contribution is 0.0887. The van der Waals surface area contributed by atoms with Crippen molar-refractivity contribution in [2.24, 2.45) is 5.73 Å². The van der Waals surface area contributed by atoms with E-state index in [1.807, 2.05) is 30.3 Å². The van der Waals surface area contributed by atoms with Crippen molar-refractivity contribution in [3.05, 3.63) is 47.5 Å². The first kappa shape index (κ1) is 30.3. The zero-order valence-corrected chi connectivity index (χ0v) is 26.8. The predicted molar refractivity (Wildman–Crippen MR) is 161 cm³/mol.